The van der Waals surface area contributed by atoms with Crippen LogP contribution in [0, 0.1) is 0 Å². The predicted octanol–water partition coefficient (Wildman–Crippen LogP) is 0.951. The smallest absolute Gasteiger partial charge is 0.224 e. The van der Waals surface area contributed by atoms with Crippen LogP contribution in [0.3, 0.4) is 0 Å². The van der Waals surface area contributed by atoms with E-state index in [2.05, 4.69) is 25.3 Å². The second-order valence-corrected chi connectivity index (χ2v) is 7.65. The van der Waals surface area contributed by atoms with Crippen LogP contribution in [0.4, 0.5) is 5.82 Å². The van der Waals surface area contributed by atoms with Gasteiger partial charge in [-0.15, -0.1) is 24.8 Å². The van der Waals surface area contributed by atoms with E-state index in [1.54, 1.807) is 11.0 Å². The lowest BCUT2D eigenvalue weighted by Crippen LogP contribution is -2.51. The number of aryl methyl sites for hydroxylation is 1. The van der Waals surface area contributed by atoms with Gasteiger partial charge in [-0.25, -0.2) is 9.97 Å². The van der Waals surface area contributed by atoms with Crippen LogP contribution in [0.2, 0.25) is 0 Å². The van der Waals surface area contributed by atoms with Crippen LogP contribution in [-0.4, -0.2) is 80.8 Å². The minimum absolute atomic E-state index is 0. The van der Waals surface area contributed by atoms with E-state index in [0.29, 0.717) is 12.5 Å². The average molecular weight is 434 g/mol. The van der Waals surface area contributed by atoms with Crippen LogP contribution in [0.15, 0.2) is 12.5 Å². The fourth-order valence-corrected chi connectivity index (χ4v) is 4.41. The molecule has 0 saturated carbocycles. The van der Waals surface area contributed by atoms with E-state index in [1.807, 2.05) is 29.9 Å². The number of hydrogen-bond acceptors (Lipinski definition) is 7. The summed E-state index contributed by atoms with van der Waals surface area (Å²) in [5, 5.41) is 8.68. The maximum absolute atomic E-state index is 12.5. The summed E-state index contributed by atoms with van der Waals surface area (Å²) in [6.07, 6.45) is 4.01. The molecule has 4 rings (SSSR count). The van der Waals surface area contributed by atoms with E-state index in [9.17, 15) is 4.79 Å². The molecule has 150 valence electrons. The van der Waals surface area contributed by atoms with Gasteiger partial charge in [-0.05, 0) is 0 Å². The fraction of sp³-hybridized carbons (Fsp3) is 0.625. The van der Waals surface area contributed by atoms with Crippen molar-refractivity contribution in [3.05, 3.63) is 12.5 Å². The Morgan fingerprint density at radius 2 is 2.04 bits per heavy atom. The first kappa shape index (κ1) is 22.0. The number of nitrogens with one attached hydrogen (secondary N) is 1. The molecule has 1 N–H and O–H groups in total. The summed E-state index contributed by atoms with van der Waals surface area (Å²) in [4.78, 5) is 25.5. The topological polar surface area (TPSA) is 79.2 Å². The van der Waals surface area contributed by atoms with E-state index < -0.39 is 0 Å². The van der Waals surface area contributed by atoms with Crippen molar-refractivity contribution in [3.8, 4) is 0 Å². The summed E-state index contributed by atoms with van der Waals surface area (Å²) in [6, 6.07) is 0.321. The molecule has 0 bridgehead atoms. The zero-order valence-corrected chi connectivity index (χ0v) is 17.7. The number of fused-ring (bicyclic) bond motifs is 1. The Morgan fingerprint density at radius 3 is 2.74 bits per heavy atom. The number of hydrogen-bond donors (Lipinski definition) is 1. The van der Waals surface area contributed by atoms with Crippen molar-refractivity contribution in [2.24, 2.45) is 7.05 Å². The number of aromatic nitrogens is 4. The van der Waals surface area contributed by atoms with Crippen molar-refractivity contribution in [2.45, 2.75) is 12.5 Å². The van der Waals surface area contributed by atoms with Crippen LogP contribution >= 0.6 is 36.6 Å². The number of rotatable bonds is 3. The second kappa shape index (κ2) is 9.77. The Hall–Kier alpha value is -1.29. The Labute approximate surface area is 175 Å². The highest BCUT2D eigenvalue weighted by atomic mass is 35.5. The minimum atomic E-state index is 0. The Kier molecular flexibility index (Phi) is 7.96. The number of piperazine rings is 1. The van der Waals surface area contributed by atoms with E-state index in [4.69, 9.17) is 0 Å². The summed E-state index contributed by atoms with van der Waals surface area (Å²) in [5.74, 6) is 3.35. The van der Waals surface area contributed by atoms with E-state index in [0.717, 1.165) is 61.1 Å². The van der Waals surface area contributed by atoms with Gasteiger partial charge in [-0.3, -0.25) is 9.48 Å². The van der Waals surface area contributed by atoms with Crippen molar-refractivity contribution in [1.29, 1.82) is 0 Å². The van der Waals surface area contributed by atoms with Gasteiger partial charge in [0.15, 0.2) is 5.65 Å². The second-order valence-electron chi connectivity index (χ2n) is 6.50. The van der Waals surface area contributed by atoms with Crippen LogP contribution in [0.5, 0.6) is 0 Å². The first-order valence-corrected chi connectivity index (χ1v) is 9.84. The largest absolute Gasteiger partial charge is 0.352 e. The number of carbonyl (C=O) groups excluding carboxylic acids is 1. The number of nitrogens with zero attached hydrogens (tertiary/aromatic N) is 6. The first-order valence-electron chi connectivity index (χ1n) is 8.69. The van der Waals surface area contributed by atoms with Gasteiger partial charge in [0.25, 0.3) is 0 Å². The third kappa shape index (κ3) is 4.77. The van der Waals surface area contributed by atoms with Gasteiger partial charge in [0, 0.05) is 63.7 Å². The Bertz CT molecular complexity index is 760. The third-order valence-corrected chi connectivity index (χ3v) is 5.99. The van der Waals surface area contributed by atoms with Gasteiger partial charge in [0.1, 0.15) is 12.1 Å². The molecular formula is C16H25Cl2N7OS. The molecule has 2 aromatic rings. The molecule has 2 aromatic heterocycles. The van der Waals surface area contributed by atoms with Crippen LogP contribution in [0.25, 0.3) is 11.0 Å². The zero-order valence-electron chi connectivity index (χ0n) is 15.2. The molecule has 2 aliphatic heterocycles. The molecular weight excluding hydrogens is 409 g/mol. The molecule has 2 fully saturated rings. The summed E-state index contributed by atoms with van der Waals surface area (Å²) in [5.41, 5.74) is 0.837. The molecule has 11 heteroatoms. The van der Waals surface area contributed by atoms with Gasteiger partial charge in [0.2, 0.25) is 5.91 Å². The van der Waals surface area contributed by atoms with E-state index in [1.165, 1.54) is 0 Å². The maximum Gasteiger partial charge on any atom is 0.224 e. The van der Waals surface area contributed by atoms with Crippen LogP contribution < -0.4 is 10.2 Å². The van der Waals surface area contributed by atoms with Crippen molar-refractivity contribution >= 4 is 59.3 Å². The number of halogens is 2. The lowest BCUT2D eigenvalue weighted by Gasteiger charge is -2.36. The fourth-order valence-electron chi connectivity index (χ4n) is 3.46. The molecule has 1 atom stereocenters. The number of carbonyl (C=O) groups is 1. The minimum Gasteiger partial charge on any atom is -0.352 e. The summed E-state index contributed by atoms with van der Waals surface area (Å²) >= 11 is 1.93. The molecule has 4 heterocycles. The van der Waals surface area contributed by atoms with Crippen molar-refractivity contribution < 1.29 is 4.79 Å². The molecule has 2 saturated heterocycles. The third-order valence-electron chi connectivity index (χ3n) is 4.86. The molecule has 2 aliphatic rings. The van der Waals surface area contributed by atoms with Gasteiger partial charge in [-0.1, -0.05) is 0 Å². The lowest BCUT2D eigenvalue weighted by molar-refractivity contribution is -0.131. The summed E-state index contributed by atoms with van der Waals surface area (Å²) in [7, 11) is 1.88. The molecule has 0 aliphatic carbocycles. The van der Waals surface area contributed by atoms with E-state index >= 15 is 0 Å². The highest BCUT2D eigenvalue weighted by Gasteiger charge is 2.26. The monoisotopic (exact) mass is 433 g/mol. The molecule has 1 amide bonds. The number of anilines is 1. The molecule has 0 aromatic carbocycles. The molecule has 0 radical (unpaired) electrons. The number of amides is 1. The predicted molar refractivity (Wildman–Crippen MR) is 113 cm³/mol. The van der Waals surface area contributed by atoms with Crippen LogP contribution in [-0.2, 0) is 11.8 Å². The number of thioether (sulfide) groups is 1. The molecule has 27 heavy (non-hydrogen) atoms. The van der Waals surface area contributed by atoms with Gasteiger partial charge in [-0.2, -0.15) is 16.9 Å². The van der Waals surface area contributed by atoms with Gasteiger partial charge < -0.3 is 15.1 Å². The highest BCUT2D eigenvalue weighted by Crippen LogP contribution is 2.23. The lowest BCUT2D eigenvalue weighted by atomic mass is 10.2. The molecule has 1 unspecified atom stereocenters. The molecule has 0 spiro atoms. The van der Waals surface area contributed by atoms with Gasteiger partial charge >= 0.3 is 0 Å². The molecule has 8 nitrogen and oxygen atoms in total. The maximum atomic E-state index is 12.5. The standard InChI is InChI=1S/C16H23N7OS.2ClH/c1-21-15-13(9-20-21)16(19-11-18-15)23-5-3-22(4-6-23)14(24)8-12-10-25-7-2-17-12;;/h9,11-12,17H,2-8,10H2,1H3;2*1H. The van der Waals surface area contributed by atoms with Crippen molar-refractivity contribution in [1.82, 2.24) is 30.0 Å². The normalized spacial score (nSPS) is 20.1. The highest BCUT2D eigenvalue weighted by molar-refractivity contribution is 7.99. The summed E-state index contributed by atoms with van der Waals surface area (Å²) in [6.45, 7) is 4.07. The van der Waals surface area contributed by atoms with E-state index in [-0.39, 0.29) is 30.7 Å². The van der Waals surface area contributed by atoms with Crippen molar-refractivity contribution in [3.63, 3.8) is 0 Å². The Morgan fingerprint density at radius 1 is 1.26 bits per heavy atom. The average Bonchev–Trinajstić information content (AvgIpc) is 3.04. The van der Waals surface area contributed by atoms with Crippen LogP contribution in [0.1, 0.15) is 6.42 Å². The quantitative estimate of drug-likeness (QED) is 0.771. The summed E-state index contributed by atoms with van der Waals surface area (Å²) < 4.78 is 1.76. The Balaban J connectivity index is 0.00000131. The SMILES string of the molecule is Cl.Cl.Cn1ncc2c(N3CCN(C(=O)CC4CSCCN4)CC3)ncnc21. The zero-order chi connectivity index (χ0) is 17.2. The van der Waals surface area contributed by atoms with Gasteiger partial charge in [0.05, 0.1) is 11.6 Å². The first-order chi connectivity index (χ1) is 12.2. The van der Waals surface area contributed by atoms with Crippen molar-refractivity contribution in [2.75, 3.05) is 49.1 Å².